The molecule has 1 amide bonds. The molecule has 2 aromatic heterocycles. The van der Waals surface area contributed by atoms with Gasteiger partial charge in [0.15, 0.2) is 5.82 Å². The van der Waals surface area contributed by atoms with E-state index in [0.717, 1.165) is 11.4 Å². The summed E-state index contributed by atoms with van der Waals surface area (Å²) in [6, 6.07) is 13.5. The average molecular weight is 374 g/mol. The van der Waals surface area contributed by atoms with Crippen molar-refractivity contribution in [1.82, 2.24) is 24.7 Å². The highest BCUT2D eigenvalue weighted by Gasteiger charge is 2.18. The Labute approximate surface area is 160 Å². The first-order chi connectivity index (χ1) is 13.5. The SMILES string of the molecule is Cc1nc(-c2ccc(NC(=O)C(C)n3cnc4ccccc4c3=O)cc2)n[nH]1. The number of carbonyl (C=O) groups excluding carboxylic acids is 1. The van der Waals surface area contributed by atoms with Crippen molar-refractivity contribution in [2.24, 2.45) is 0 Å². The molecule has 4 aromatic rings. The van der Waals surface area contributed by atoms with Crippen molar-refractivity contribution in [2.45, 2.75) is 19.9 Å². The Hall–Kier alpha value is -3.81. The molecule has 0 saturated heterocycles. The molecule has 140 valence electrons. The van der Waals surface area contributed by atoms with Crippen LogP contribution in [-0.4, -0.2) is 30.6 Å². The molecule has 8 heteroatoms. The summed E-state index contributed by atoms with van der Waals surface area (Å²) in [6.07, 6.45) is 1.41. The van der Waals surface area contributed by atoms with Crippen molar-refractivity contribution in [2.75, 3.05) is 5.32 Å². The van der Waals surface area contributed by atoms with Gasteiger partial charge in [-0.2, -0.15) is 5.10 Å². The maximum Gasteiger partial charge on any atom is 0.261 e. The van der Waals surface area contributed by atoms with Gasteiger partial charge >= 0.3 is 0 Å². The molecule has 0 aliphatic heterocycles. The fourth-order valence-corrected chi connectivity index (χ4v) is 2.91. The van der Waals surface area contributed by atoms with Crippen LogP contribution in [0.4, 0.5) is 5.69 Å². The number of para-hydroxylation sites is 1. The number of nitrogens with zero attached hydrogens (tertiary/aromatic N) is 4. The molecule has 0 spiro atoms. The first-order valence-electron chi connectivity index (χ1n) is 8.79. The van der Waals surface area contributed by atoms with Gasteiger partial charge in [-0.15, -0.1) is 0 Å². The highest BCUT2D eigenvalue weighted by molar-refractivity contribution is 5.93. The molecule has 8 nitrogen and oxygen atoms in total. The monoisotopic (exact) mass is 374 g/mol. The van der Waals surface area contributed by atoms with Gasteiger partial charge in [0.2, 0.25) is 5.91 Å². The molecule has 0 fully saturated rings. The van der Waals surface area contributed by atoms with Gasteiger partial charge in [-0.1, -0.05) is 12.1 Å². The fraction of sp³-hybridized carbons (Fsp3) is 0.150. The number of anilines is 1. The van der Waals surface area contributed by atoms with Crippen LogP contribution in [0, 0.1) is 6.92 Å². The number of hydrogen-bond acceptors (Lipinski definition) is 5. The lowest BCUT2D eigenvalue weighted by atomic mass is 10.2. The minimum Gasteiger partial charge on any atom is -0.324 e. The number of aromatic nitrogens is 5. The molecule has 4 rings (SSSR count). The van der Waals surface area contributed by atoms with Crippen molar-refractivity contribution in [1.29, 1.82) is 0 Å². The first kappa shape index (κ1) is 17.6. The third-order valence-corrected chi connectivity index (χ3v) is 4.49. The number of rotatable bonds is 4. The van der Waals surface area contributed by atoms with Gasteiger partial charge < -0.3 is 5.32 Å². The Kier molecular flexibility index (Phi) is 4.44. The van der Waals surface area contributed by atoms with Crippen molar-refractivity contribution in [3.05, 3.63) is 71.0 Å². The lowest BCUT2D eigenvalue weighted by Gasteiger charge is -2.15. The average Bonchev–Trinajstić information content (AvgIpc) is 3.15. The molecular formula is C20H18N6O2. The molecule has 1 unspecified atom stereocenters. The number of aromatic amines is 1. The summed E-state index contributed by atoms with van der Waals surface area (Å²) in [4.78, 5) is 33.8. The molecule has 0 bridgehead atoms. The van der Waals surface area contributed by atoms with Crippen molar-refractivity contribution < 1.29 is 4.79 Å². The van der Waals surface area contributed by atoms with Gasteiger partial charge in [0.25, 0.3) is 5.56 Å². The van der Waals surface area contributed by atoms with E-state index in [1.807, 2.05) is 25.1 Å². The molecule has 2 N–H and O–H groups in total. The third-order valence-electron chi connectivity index (χ3n) is 4.49. The van der Waals surface area contributed by atoms with E-state index < -0.39 is 6.04 Å². The van der Waals surface area contributed by atoms with Gasteiger partial charge in [-0.05, 0) is 50.2 Å². The molecular weight excluding hydrogens is 356 g/mol. The summed E-state index contributed by atoms with van der Waals surface area (Å²) in [6.45, 7) is 3.49. The van der Waals surface area contributed by atoms with Crippen LogP contribution in [0.1, 0.15) is 18.8 Å². The summed E-state index contributed by atoms with van der Waals surface area (Å²) >= 11 is 0. The second-order valence-corrected chi connectivity index (χ2v) is 6.46. The number of hydrogen-bond donors (Lipinski definition) is 2. The van der Waals surface area contributed by atoms with Crippen LogP contribution in [0.15, 0.2) is 59.7 Å². The number of aryl methyl sites for hydroxylation is 1. The van der Waals surface area contributed by atoms with Crippen molar-refractivity contribution in [3.63, 3.8) is 0 Å². The number of H-pyrrole nitrogens is 1. The fourth-order valence-electron chi connectivity index (χ4n) is 2.91. The van der Waals surface area contributed by atoms with Crippen molar-refractivity contribution >= 4 is 22.5 Å². The predicted octanol–water partition coefficient (Wildman–Crippen LogP) is 2.69. The Balaban J connectivity index is 1.53. The molecule has 2 heterocycles. The van der Waals surface area contributed by atoms with Gasteiger partial charge in [0.1, 0.15) is 11.9 Å². The second-order valence-electron chi connectivity index (χ2n) is 6.46. The zero-order chi connectivity index (χ0) is 19.7. The standard InChI is InChI=1S/C20H18N6O2/c1-12(26-11-21-17-6-4-3-5-16(17)20(26)28)19(27)23-15-9-7-14(8-10-15)18-22-13(2)24-25-18/h3-12H,1-2H3,(H,23,27)(H,22,24,25). The number of amides is 1. The van der Waals surface area contributed by atoms with Crippen molar-refractivity contribution in [3.8, 4) is 11.4 Å². The Morgan fingerprint density at radius 2 is 1.89 bits per heavy atom. The van der Waals surface area contributed by atoms with E-state index >= 15 is 0 Å². The molecule has 0 aliphatic carbocycles. The van der Waals surface area contributed by atoms with Crippen LogP contribution < -0.4 is 10.9 Å². The van der Waals surface area contributed by atoms with E-state index in [1.54, 1.807) is 37.3 Å². The van der Waals surface area contributed by atoms with Crippen LogP contribution in [0.3, 0.4) is 0 Å². The highest BCUT2D eigenvalue weighted by atomic mass is 16.2. The predicted molar refractivity (Wildman–Crippen MR) is 106 cm³/mol. The summed E-state index contributed by atoms with van der Waals surface area (Å²) in [7, 11) is 0. The van der Waals surface area contributed by atoms with Gasteiger partial charge in [-0.3, -0.25) is 19.3 Å². The Morgan fingerprint density at radius 3 is 2.61 bits per heavy atom. The van der Waals surface area contributed by atoms with E-state index in [-0.39, 0.29) is 11.5 Å². The summed E-state index contributed by atoms with van der Waals surface area (Å²) < 4.78 is 1.34. The summed E-state index contributed by atoms with van der Waals surface area (Å²) in [5.74, 6) is 1.02. The van der Waals surface area contributed by atoms with Crippen LogP contribution in [0.5, 0.6) is 0 Å². The van der Waals surface area contributed by atoms with Crippen LogP contribution in [-0.2, 0) is 4.79 Å². The third kappa shape index (κ3) is 3.27. The van der Waals surface area contributed by atoms with E-state index in [1.165, 1.54) is 10.9 Å². The van der Waals surface area contributed by atoms with Crippen LogP contribution in [0.2, 0.25) is 0 Å². The van der Waals surface area contributed by atoms with Gasteiger partial charge in [0, 0.05) is 11.3 Å². The molecule has 0 saturated carbocycles. The van der Waals surface area contributed by atoms with Crippen LogP contribution in [0.25, 0.3) is 22.3 Å². The van der Waals surface area contributed by atoms with Crippen LogP contribution >= 0.6 is 0 Å². The van der Waals surface area contributed by atoms with Gasteiger partial charge in [0.05, 0.1) is 17.2 Å². The molecule has 0 radical (unpaired) electrons. The van der Waals surface area contributed by atoms with E-state index in [2.05, 4.69) is 25.5 Å². The maximum atomic E-state index is 12.7. The Morgan fingerprint density at radius 1 is 1.14 bits per heavy atom. The summed E-state index contributed by atoms with van der Waals surface area (Å²) in [5, 5.41) is 10.2. The number of benzene rings is 2. The lowest BCUT2D eigenvalue weighted by Crippen LogP contribution is -2.31. The number of carbonyl (C=O) groups is 1. The van der Waals surface area contributed by atoms with Gasteiger partial charge in [-0.25, -0.2) is 9.97 Å². The summed E-state index contributed by atoms with van der Waals surface area (Å²) in [5.41, 5.74) is 1.82. The normalized spacial score (nSPS) is 12.1. The zero-order valence-electron chi connectivity index (χ0n) is 15.4. The second kappa shape index (κ2) is 7.07. The smallest absolute Gasteiger partial charge is 0.261 e. The first-order valence-corrected chi connectivity index (χ1v) is 8.79. The number of fused-ring (bicyclic) bond motifs is 1. The maximum absolute atomic E-state index is 12.7. The van der Waals surface area contributed by atoms with E-state index in [0.29, 0.717) is 22.4 Å². The zero-order valence-corrected chi connectivity index (χ0v) is 15.4. The molecule has 28 heavy (non-hydrogen) atoms. The number of nitrogens with one attached hydrogen (secondary N) is 2. The lowest BCUT2D eigenvalue weighted by molar-refractivity contribution is -0.118. The quantitative estimate of drug-likeness (QED) is 0.571. The molecule has 2 aromatic carbocycles. The van der Waals surface area contributed by atoms with E-state index in [4.69, 9.17) is 0 Å². The minimum absolute atomic E-state index is 0.247. The molecule has 1 atom stereocenters. The largest absolute Gasteiger partial charge is 0.324 e. The topological polar surface area (TPSA) is 106 Å². The van der Waals surface area contributed by atoms with E-state index in [9.17, 15) is 9.59 Å². The molecule has 0 aliphatic rings. The Bertz CT molecular complexity index is 1210. The minimum atomic E-state index is -0.708. The highest BCUT2D eigenvalue weighted by Crippen LogP contribution is 2.19.